The maximum atomic E-state index is 13.5. The molecular formula is C18H22BrN7O2. The Kier molecular flexibility index (Phi) is 3.75. The molecule has 9 nitrogen and oxygen atoms in total. The zero-order chi connectivity index (χ0) is 19.7. The molecule has 4 aliphatic rings. The first-order valence-corrected chi connectivity index (χ1v) is 10.3. The molecular weight excluding hydrogens is 426 g/mol. The van der Waals surface area contributed by atoms with Crippen molar-refractivity contribution in [3.8, 4) is 0 Å². The zero-order valence-corrected chi connectivity index (χ0v) is 17.1. The van der Waals surface area contributed by atoms with Crippen LogP contribution in [0.3, 0.4) is 0 Å². The molecule has 0 aliphatic heterocycles. The number of nitrogens with one attached hydrogen (secondary N) is 1. The molecule has 4 saturated carbocycles. The Morgan fingerprint density at radius 3 is 2.61 bits per heavy atom. The van der Waals surface area contributed by atoms with Gasteiger partial charge in [-0.3, -0.25) is 14.3 Å². The first-order chi connectivity index (χ1) is 13.3. The molecule has 0 spiro atoms. The second-order valence-electron chi connectivity index (χ2n) is 8.77. The number of anilines is 1. The van der Waals surface area contributed by atoms with Gasteiger partial charge in [-0.25, -0.2) is 9.67 Å². The number of nitrogens with two attached hydrogens (primary N) is 1. The van der Waals surface area contributed by atoms with Crippen molar-refractivity contribution in [2.75, 3.05) is 5.32 Å². The van der Waals surface area contributed by atoms with Gasteiger partial charge in [0.2, 0.25) is 10.6 Å². The van der Waals surface area contributed by atoms with Crippen LogP contribution in [0.1, 0.15) is 49.0 Å². The molecule has 2 aromatic heterocycles. The minimum absolute atomic E-state index is 0.0411. The SMILES string of the molecule is Cn1ncc(NC(=O)C23C[C@@H]4C[C@@H](C2)CC(n2cnc(Br)n2)(C4)C3)c1C(N)=O. The summed E-state index contributed by atoms with van der Waals surface area (Å²) in [6.45, 7) is 0. The van der Waals surface area contributed by atoms with Gasteiger partial charge in [0, 0.05) is 7.05 Å². The van der Waals surface area contributed by atoms with Crippen molar-refractivity contribution in [1.29, 1.82) is 0 Å². The first-order valence-electron chi connectivity index (χ1n) is 9.51. The summed E-state index contributed by atoms with van der Waals surface area (Å²) in [7, 11) is 1.64. The Morgan fingerprint density at radius 2 is 2.00 bits per heavy atom. The largest absolute Gasteiger partial charge is 0.364 e. The fraction of sp³-hybridized carbons (Fsp3) is 0.611. The van der Waals surface area contributed by atoms with E-state index in [2.05, 4.69) is 36.4 Å². The second-order valence-corrected chi connectivity index (χ2v) is 9.48. The lowest BCUT2D eigenvalue weighted by Crippen LogP contribution is -2.60. The highest BCUT2D eigenvalue weighted by Gasteiger charge is 2.61. The first kappa shape index (κ1) is 17.8. The molecule has 6 rings (SSSR count). The van der Waals surface area contributed by atoms with E-state index >= 15 is 0 Å². The van der Waals surface area contributed by atoms with E-state index in [0.717, 1.165) is 32.1 Å². The number of aromatic nitrogens is 5. The van der Waals surface area contributed by atoms with Crippen molar-refractivity contribution in [3.63, 3.8) is 0 Å². The topological polar surface area (TPSA) is 121 Å². The quantitative estimate of drug-likeness (QED) is 0.739. The Labute approximate surface area is 170 Å². The molecule has 3 N–H and O–H groups in total. The van der Waals surface area contributed by atoms with E-state index in [9.17, 15) is 9.59 Å². The average molecular weight is 448 g/mol. The number of primary amides is 1. The van der Waals surface area contributed by atoms with Crippen LogP contribution < -0.4 is 11.1 Å². The third kappa shape index (κ3) is 2.53. The molecule has 0 unspecified atom stereocenters. The molecule has 10 heteroatoms. The Morgan fingerprint density at radius 1 is 1.29 bits per heavy atom. The van der Waals surface area contributed by atoms with E-state index in [4.69, 9.17) is 5.73 Å². The van der Waals surface area contributed by atoms with Gasteiger partial charge in [-0.1, -0.05) is 0 Å². The summed E-state index contributed by atoms with van der Waals surface area (Å²) in [5.41, 5.74) is 5.44. The van der Waals surface area contributed by atoms with Crippen molar-refractivity contribution in [2.45, 2.75) is 44.1 Å². The van der Waals surface area contributed by atoms with Crippen molar-refractivity contribution >= 4 is 33.4 Å². The van der Waals surface area contributed by atoms with Crippen LogP contribution in [0.15, 0.2) is 17.3 Å². The van der Waals surface area contributed by atoms with E-state index in [-0.39, 0.29) is 17.1 Å². The van der Waals surface area contributed by atoms with E-state index in [0.29, 0.717) is 22.3 Å². The molecule has 2 aromatic rings. The van der Waals surface area contributed by atoms with E-state index in [1.165, 1.54) is 17.3 Å². The molecule has 148 valence electrons. The van der Waals surface area contributed by atoms with Gasteiger partial charge in [0.05, 0.1) is 22.8 Å². The molecule has 2 amide bonds. The highest BCUT2D eigenvalue weighted by atomic mass is 79.9. The van der Waals surface area contributed by atoms with Gasteiger partial charge in [-0.05, 0) is 66.3 Å². The van der Waals surface area contributed by atoms with Crippen LogP contribution >= 0.6 is 15.9 Å². The van der Waals surface area contributed by atoms with E-state index in [1.54, 1.807) is 13.4 Å². The van der Waals surface area contributed by atoms with Crippen LogP contribution in [-0.2, 0) is 17.4 Å². The number of aryl methyl sites for hydroxylation is 1. The fourth-order valence-electron chi connectivity index (χ4n) is 6.30. The number of hydrogen-bond acceptors (Lipinski definition) is 5. The molecule has 0 aromatic carbocycles. The molecule has 4 aliphatic carbocycles. The lowest BCUT2D eigenvalue weighted by Gasteiger charge is -2.60. The second kappa shape index (κ2) is 5.88. The monoisotopic (exact) mass is 447 g/mol. The number of rotatable bonds is 4. The van der Waals surface area contributed by atoms with Crippen molar-refractivity contribution in [2.24, 2.45) is 30.0 Å². The minimum Gasteiger partial charge on any atom is -0.364 e. The van der Waals surface area contributed by atoms with E-state index in [1.807, 2.05) is 4.68 Å². The number of hydrogen-bond donors (Lipinski definition) is 2. The van der Waals surface area contributed by atoms with Gasteiger partial charge < -0.3 is 11.1 Å². The smallest absolute Gasteiger partial charge is 0.269 e. The highest BCUT2D eigenvalue weighted by Crippen LogP contribution is 2.64. The van der Waals surface area contributed by atoms with Gasteiger partial charge in [-0.15, -0.1) is 5.10 Å². The molecule has 4 bridgehead atoms. The van der Waals surface area contributed by atoms with Crippen LogP contribution in [0.5, 0.6) is 0 Å². The van der Waals surface area contributed by atoms with Crippen LogP contribution in [0, 0.1) is 17.3 Å². The summed E-state index contributed by atoms with van der Waals surface area (Å²) in [6.07, 6.45) is 8.99. The molecule has 28 heavy (non-hydrogen) atoms. The molecule has 0 saturated heterocycles. The standard InChI is InChI=1S/C18H22BrN7O2/c1-25-13(14(20)27)12(7-22-25)23-15(28)17-3-10-2-11(4-17)6-18(5-10,8-17)26-9-21-16(19)24-26/h7,9-11H,2-6,8H2,1H3,(H2,20,27)(H,23,28)/t10-,11-,17?,18?/m0/s1. The number of nitrogens with zero attached hydrogens (tertiary/aromatic N) is 5. The molecule has 0 radical (unpaired) electrons. The van der Waals surface area contributed by atoms with E-state index < -0.39 is 11.3 Å². The predicted octanol–water partition coefficient (Wildman–Crippen LogP) is 1.81. The molecule has 2 heterocycles. The normalized spacial score (nSPS) is 33.2. The van der Waals surface area contributed by atoms with Crippen LogP contribution in [0.25, 0.3) is 0 Å². The average Bonchev–Trinajstić information content (AvgIpc) is 3.20. The number of carbonyl (C=O) groups excluding carboxylic acids is 2. The summed E-state index contributed by atoms with van der Waals surface area (Å²) in [6, 6.07) is 0. The maximum Gasteiger partial charge on any atom is 0.269 e. The minimum atomic E-state index is -0.607. The number of halogens is 1. The van der Waals surface area contributed by atoms with Crippen LogP contribution in [-0.4, -0.2) is 36.4 Å². The molecule has 4 fully saturated rings. The van der Waals surface area contributed by atoms with Crippen LogP contribution in [0.4, 0.5) is 5.69 Å². The maximum absolute atomic E-state index is 13.5. The summed E-state index contributed by atoms with van der Waals surface area (Å²) in [5, 5.41) is 11.6. The van der Waals surface area contributed by atoms with Gasteiger partial charge in [0.1, 0.15) is 12.0 Å². The third-order valence-electron chi connectivity index (χ3n) is 6.88. The Balaban J connectivity index is 1.48. The summed E-state index contributed by atoms with van der Waals surface area (Å²) in [5.74, 6) is 0.351. The fourth-order valence-corrected chi connectivity index (χ4v) is 6.56. The summed E-state index contributed by atoms with van der Waals surface area (Å²) >= 11 is 3.35. The van der Waals surface area contributed by atoms with Crippen LogP contribution in [0.2, 0.25) is 0 Å². The summed E-state index contributed by atoms with van der Waals surface area (Å²) in [4.78, 5) is 29.5. The summed E-state index contributed by atoms with van der Waals surface area (Å²) < 4.78 is 3.94. The van der Waals surface area contributed by atoms with Gasteiger partial charge in [-0.2, -0.15) is 5.10 Å². The van der Waals surface area contributed by atoms with Crippen molar-refractivity contribution < 1.29 is 9.59 Å². The van der Waals surface area contributed by atoms with Gasteiger partial charge in [0.15, 0.2) is 0 Å². The number of amides is 2. The highest BCUT2D eigenvalue weighted by molar-refractivity contribution is 9.10. The lowest BCUT2D eigenvalue weighted by molar-refractivity contribution is -0.150. The lowest BCUT2D eigenvalue weighted by atomic mass is 9.46. The van der Waals surface area contributed by atoms with Gasteiger partial charge in [0.25, 0.3) is 5.91 Å². The van der Waals surface area contributed by atoms with Gasteiger partial charge >= 0.3 is 0 Å². The van der Waals surface area contributed by atoms with Crippen molar-refractivity contribution in [3.05, 3.63) is 23.0 Å². The third-order valence-corrected chi connectivity index (χ3v) is 7.25. The van der Waals surface area contributed by atoms with Crippen molar-refractivity contribution in [1.82, 2.24) is 24.5 Å². The molecule has 2 atom stereocenters. The predicted molar refractivity (Wildman–Crippen MR) is 103 cm³/mol. The Hall–Kier alpha value is -2.23. The Bertz CT molecular complexity index is 966. The zero-order valence-electron chi connectivity index (χ0n) is 15.6. The number of carbonyl (C=O) groups is 2.